The van der Waals surface area contributed by atoms with E-state index in [0.717, 1.165) is 4.31 Å². The van der Waals surface area contributed by atoms with Gasteiger partial charge in [-0.05, 0) is 25.1 Å². The van der Waals surface area contributed by atoms with Crippen molar-refractivity contribution in [2.75, 3.05) is 19.4 Å². The minimum atomic E-state index is -3.71. The molecule has 1 unspecified atom stereocenters. The lowest BCUT2D eigenvalue weighted by atomic mass is 10.3. The third-order valence-electron chi connectivity index (χ3n) is 2.56. The van der Waals surface area contributed by atoms with Crippen LogP contribution in [0.4, 0.5) is 5.69 Å². The average Bonchev–Trinajstić information content (AvgIpc) is 2.30. The largest absolute Gasteiger partial charge is 0.506 e. The van der Waals surface area contributed by atoms with Gasteiger partial charge in [0.1, 0.15) is 5.75 Å². The molecule has 17 heavy (non-hydrogen) atoms. The van der Waals surface area contributed by atoms with Crippen molar-refractivity contribution in [3.05, 3.63) is 18.2 Å². The van der Waals surface area contributed by atoms with Crippen LogP contribution in [0, 0.1) is 0 Å². The monoisotopic (exact) mass is 260 g/mol. The molecule has 96 valence electrons. The van der Waals surface area contributed by atoms with Gasteiger partial charge in [0.2, 0.25) is 10.0 Å². The lowest BCUT2D eigenvalue weighted by molar-refractivity contribution is 0.214. The summed E-state index contributed by atoms with van der Waals surface area (Å²) in [6, 6.07) is 3.14. The van der Waals surface area contributed by atoms with Gasteiger partial charge < -0.3 is 15.9 Å². The molecule has 1 aromatic carbocycles. The second-order valence-corrected chi connectivity index (χ2v) is 5.77. The van der Waals surface area contributed by atoms with Crippen LogP contribution in [-0.4, -0.2) is 42.6 Å². The fourth-order valence-corrected chi connectivity index (χ4v) is 2.60. The SMILES string of the molecule is CC(CO)N(C)S(=O)(=O)c1ccc(O)c(N)c1. The first-order chi connectivity index (χ1) is 7.80. The van der Waals surface area contributed by atoms with Crippen molar-refractivity contribution in [1.82, 2.24) is 4.31 Å². The maximum absolute atomic E-state index is 12.1. The molecule has 0 radical (unpaired) electrons. The normalized spacial score (nSPS) is 13.9. The molecule has 0 aliphatic heterocycles. The minimum absolute atomic E-state index is 0.00359. The predicted molar refractivity (Wildman–Crippen MR) is 64.0 cm³/mol. The fraction of sp³-hybridized carbons (Fsp3) is 0.400. The van der Waals surface area contributed by atoms with Crippen molar-refractivity contribution in [1.29, 1.82) is 0 Å². The molecule has 4 N–H and O–H groups in total. The topological polar surface area (TPSA) is 104 Å². The Bertz CT molecular complexity index is 501. The van der Waals surface area contributed by atoms with Gasteiger partial charge in [-0.1, -0.05) is 0 Å². The van der Waals surface area contributed by atoms with E-state index in [4.69, 9.17) is 10.8 Å². The summed E-state index contributed by atoms with van der Waals surface area (Å²) in [5.74, 6) is -0.165. The van der Waals surface area contributed by atoms with Crippen LogP contribution in [0.2, 0.25) is 0 Å². The van der Waals surface area contributed by atoms with Crippen LogP contribution in [0.15, 0.2) is 23.1 Å². The number of hydrogen-bond acceptors (Lipinski definition) is 5. The molecule has 0 fully saturated rings. The van der Waals surface area contributed by atoms with Gasteiger partial charge >= 0.3 is 0 Å². The molecule has 1 aromatic rings. The Balaban J connectivity index is 3.17. The van der Waals surface area contributed by atoms with Crippen LogP contribution < -0.4 is 5.73 Å². The molecular formula is C10H16N2O4S. The maximum Gasteiger partial charge on any atom is 0.243 e. The summed E-state index contributed by atoms with van der Waals surface area (Å²) in [7, 11) is -2.33. The number of hydrogen-bond donors (Lipinski definition) is 3. The van der Waals surface area contributed by atoms with Gasteiger partial charge in [0.05, 0.1) is 17.2 Å². The van der Waals surface area contributed by atoms with E-state index < -0.39 is 16.1 Å². The van der Waals surface area contributed by atoms with E-state index in [0.29, 0.717) is 0 Å². The third kappa shape index (κ3) is 2.68. The molecule has 0 aliphatic rings. The molecule has 1 rings (SSSR count). The number of phenols is 1. The number of likely N-dealkylation sites (N-methyl/N-ethyl adjacent to an activating group) is 1. The fourth-order valence-electron chi connectivity index (χ4n) is 1.21. The Morgan fingerprint density at radius 1 is 1.47 bits per heavy atom. The molecule has 0 saturated heterocycles. The molecule has 0 aliphatic carbocycles. The van der Waals surface area contributed by atoms with Crippen molar-refractivity contribution >= 4 is 15.7 Å². The molecular weight excluding hydrogens is 244 g/mol. The Morgan fingerprint density at radius 2 is 2.06 bits per heavy atom. The second kappa shape index (κ2) is 4.91. The van der Waals surface area contributed by atoms with Crippen LogP contribution >= 0.6 is 0 Å². The molecule has 0 amide bonds. The van der Waals surface area contributed by atoms with Crippen molar-refractivity contribution in [2.24, 2.45) is 0 Å². The highest BCUT2D eigenvalue weighted by Crippen LogP contribution is 2.25. The highest BCUT2D eigenvalue weighted by atomic mass is 32.2. The van der Waals surface area contributed by atoms with Gasteiger partial charge in [0.25, 0.3) is 0 Å². The maximum atomic E-state index is 12.1. The number of nitrogen functional groups attached to an aromatic ring is 1. The zero-order chi connectivity index (χ0) is 13.2. The van der Waals surface area contributed by atoms with Gasteiger partial charge in [-0.3, -0.25) is 0 Å². The van der Waals surface area contributed by atoms with Gasteiger partial charge in [-0.15, -0.1) is 0 Å². The number of aliphatic hydroxyl groups excluding tert-OH is 1. The Labute approximate surface area is 100 Å². The van der Waals surface area contributed by atoms with Crippen molar-refractivity contribution in [3.8, 4) is 5.75 Å². The number of benzene rings is 1. The highest BCUT2D eigenvalue weighted by molar-refractivity contribution is 7.89. The summed E-state index contributed by atoms with van der Waals surface area (Å²) in [5, 5.41) is 18.2. The summed E-state index contributed by atoms with van der Waals surface area (Å²) in [6.07, 6.45) is 0. The number of rotatable bonds is 4. The first-order valence-electron chi connectivity index (χ1n) is 4.98. The van der Waals surface area contributed by atoms with Crippen LogP contribution in [-0.2, 0) is 10.0 Å². The molecule has 6 nitrogen and oxygen atoms in total. The Kier molecular flexibility index (Phi) is 3.97. The number of aliphatic hydroxyl groups is 1. The highest BCUT2D eigenvalue weighted by Gasteiger charge is 2.25. The van der Waals surface area contributed by atoms with E-state index in [1.165, 1.54) is 25.2 Å². The lowest BCUT2D eigenvalue weighted by Crippen LogP contribution is -2.37. The van der Waals surface area contributed by atoms with Crippen LogP contribution in [0.5, 0.6) is 5.75 Å². The summed E-state index contributed by atoms with van der Waals surface area (Å²) >= 11 is 0. The first-order valence-corrected chi connectivity index (χ1v) is 6.42. The number of anilines is 1. The standard InChI is InChI=1S/C10H16N2O4S/c1-7(6-13)12(2)17(15,16)8-3-4-10(14)9(11)5-8/h3-5,7,13-14H,6,11H2,1-2H3. The molecule has 0 saturated carbocycles. The van der Waals surface area contributed by atoms with Crippen molar-refractivity contribution < 1.29 is 18.6 Å². The van der Waals surface area contributed by atoms with Crippen molar-refractivity contribution in [3.63, 3.8) is 0 Å². The number of sulfonamides is 1. The smallest absolute Gasteiger partial charge is 0.243 e. The van der Waals surface area contributed by atoms with Crippen molar-refractivity contribution in [2.45, 2.75) is 17.9 Å². The van der Waals surface area contributed by atoms with Gasteiger partial charge in [-0.25, -0.2) is 8.42 Å². The molecule has 0 bridgehead atoms. The number of phenolic OH excluding ortho intramolecular Hbond substituents is 1. The number of aromatic hydroxyl groups is 1. The zero-order valence-electron chi connectivity index (χ0n) is 9.66. The first kappa shape index (κ1) is 13.8. The van der Waals surface area contributed by atoms with Gasteiger partial charge in [-0.2, -0.15) is 4.31 Å². The lowest BCUT2D eigenvalue weighted by Gasteiger charge is -2.22. The molecule has 0 aromatic heterocycles. The molecule has 0 spiro atoms. The van der Waals surface area contributed by atoms with E-state index in [1.807, 2.05) is 0 Å². The quantitative estimate of drug-likeness (QED) is 0.521. The van der Waals surface area contributed by atoms with E-state index in [9.17, 15) is 13.5 Å². The minimum Gasteiger partial charge on any atom is -0.506 e. The Hall–Kier alpha value is -1.31. The summed E-state index contributed by atoms with van der Waals surface area (Å²) < 4.78 is 25.2. The van der Waals surface area contributed by atoms with Crippen LogP contribution in [0.1, 0.15) is 6.92 Å². The van der Waals surface area contributed by atoms with Gasteiger partial charge in [0, 0.05) is 13.1 Å². The zero-order valence-corrected chi connectivity index (χ0v) is 10.5. The molecule has 7 heteroatoms. The molecule has 1 atom stereocenters. The predicted octanol–water partition coefficient (Wildman–Crippen LogP) is -0.0243. The van der Waals surface area contributed by atoms with E-state index in [2.05, 4.69) is 0 Å². The summed E-state index contributed by atoms with van der Waals surface area (Å²) in [6.45, 7) is 1.31. The van der Waals surface area contributed by atoms with Crippen LogP contribution in [0.25, 0.3) is 0 Å². The average molecular weight is 260 g/mol. The summed E-state index contributed by atoms with van der Waals surface area (Å²) in [5.41, 5.74) is 5.44. The third-order valence-corrected chi connectivity index (χ3v) is 4.53. The Morgan fingerprint density at radius 3 is 2.53 bits per heavy atom. The van der Waals surface area contributed by atoms with Crippen LogP contribution in [0.3, 0.4) is 0 Å². The van der Waals surface area contributed by atoms with Gasteiger partial charge in [0.15, 0.2) is 0 Å². The summed E-state index contributed by atoms with van der Waals surface area (Å²) in [4.78, 5) is -0.0180. The second-order valence-electron chi connectivity index (χ2n) is 3.77. The van der Waals surface area contributed by atoms with E-state index in [-0.39, 0.29) is 22.9 Å². The number of nitrogens with zero attached hydrogens (tertiary/aromatic N) is 1. The van der Waals surface area contributed by atoms with E-state index in [1.54, 1.807) is 6.92 Å². The van der Waals surface area contributed by atoms with E-state index >= 15 is 0 Å². The number of nitrogens with two attached hydrogens (primary N) is 1. The molecule has 0 heterocycles.